The standard InChI is InChI=1S/C12H17BClNO3/c1-11(2)12(3,4)18-13(17-11)9-5-8(7-16)15-6-10(9)14/h5-6,16H,7H2,1-4H3. The van der Waals surface area contributed by atoms with Crippen LogP contribution in [0.3, 0.4) is 0 Å². The fourth-order valence-corrected chi connectivity index (χ4v) is 1.93. The first-order chi connectivity index (χ1) is 8.27. The number of aromatic nitrogens is 1. The van der Waals surface area contributed by atoms with Gasteiger partial charge in [-0.2, -0.15) is 0 Å². The van der Waals surface area contributed by atoms with Crippen molar-refractivity contribution in [2.75, 3.05) is 0 Å². The van der Waals surface area contributed by atoms with E-state index in [0.717, 1.165) is 0 Å². The summed E-state index contributed by atoms with van der Waals surface area (Å²) in [6.45, 7) is 7.79. The number of halogens is 1. The zero-order valence-electron chi connectivity index (χ0n) is 11.0. The van der Waals surface area contributed by atoms with Crippen molar-refractivity contribution >= 4 is 24.2 Å². The van der Waals surface area contributed by atoms with Gasteiger partial charge in [-0.15, -0.1) is 0 Å². The van der Waals surface area contributed by atoms with Gasteiger partial charge in [0.2, 0.25) is 0 Å². The second-order valence-electron chi connectivity index (χ2n) is 5.44. The van der Waals surface area contributed by atoms with Crippen molar-refractivity contribution in [3.8, 4) is 0 Å². The minimum Gasteiger partial charge on any atom is -0.399 e. The lowest BCUT2D eigenvalue weighted by Gasteiger charge is -2.32. The topological polar surface area (TPSA) is 51.6 Å². The molecule has 0 saturated carbocycles. The van der Waals surface area contributed by atoms with Crippen LogP contribution in [-0.4, -0.2) is 28.4 Å². The molecule has 0 bridgehead atoms. The van der Waals surface area contributed by atoms with Crippen molar-refractivity contribution < 1.29 is 14.4 Å². The quantitative estimate of drug-likeness (QED) is 0.827. The first-order valence-electron chi connectivity index (χ1n) is 5.87. The van der Waals surface area contributed by atoms with Gasteiger partial charge in [-0.3, -0.25) is 4.98 Å². The average molecular weight is 270 g/mol. The lowest BCUT2D eigenvalue weighted by Crippen LogP contribution is -2.41. The van der Waals surface area contributed by atoms with Crippen LogP contribution >= 0.6 is 11.6 Å². The predicted octanol–water partition coefficient (Wildman–Crippen LogP) is 1.53. The third kappa shape index (κ3) is 2.28. The molecule has 1 aliphatic rings. The Morgan fingerprint density at radius 3 is 2.33 bits per heavy atom. The molecule has 1 aliphatic heterocycles. The number of rotatable bonds is 2. The van der Waals surface area contributed by atoms with Gasteiger partial charge in [0, 0.05) is 11.7 Å². The van der Waals surface area contributed by atoms with E-state index in [-0.39, 0.29) is 6.61 Å². The Bertz CT molecular complexity index is 449. The summed E-state index contributed by atoms with van der Waals surface area (Å²) < 4.78 is 11.8. The summed E-state index contributed by atoms with van der Waals surface area (Å²) in [6, 6.07) is 1.71. The third-order valence-electron chi connectivity index (χ3n) is 3.61. The number of aliphatic hydroxyl groups is 1. The minimum atomic E-state index is -0.532. The molecule has 1 aromatic rings. The van der Waals surface area contributed by atoms with Crippen LogP contribution < -0.4 is 5.46 Å². The second-order valence-corrected chi connectivity index (χ2v) is 5.85. The van der Waals surface area contributed by atoms with Gasteiger partial charge in [-0.1, -0.05) is 11.6 Å². The molecular formula is C12H17BClNO3. The van der Waals surface area contributed by atoms with E-state index >= 15 is 0 Å². The zero-order valence-corrected chi connectivity index (χ0v) is 11.8. The molecule has 98 valence electrons. The van der Waals surface area contributed by atoms with E-state index in [9.17, 15) is 0 Å². The third-order valence-corrected chi connectivity index (χ3v) is 3.93. The summed E-state index contributed by atoms with van der Waals surface area (Å²) in [4.78, 5) is 4.01. The van der Waals surface area contributed by atoms with Gasteiger partial charge in [0.05, 0.1) is 28.5 Å². The summed E-state index contributed by atoms with van der Waals surface area (Å²) in [6.07, 6.45) is 1.51. The van der Waals surface area contributed by atoms with Crippen LogP contribution in [0.4, 0.5) is 0 Å². The number of hydrogen-bond acceptors (Lipinski definition) is 4. The van der Waals surface area contributed by atoms with E-state index in [0.29, 0.717) is 16.2 Å². The minimum absolute atomic E-state index is 0.135. The maximum atomic E-state index is 9.11. The Morgan fingerprint density at radius 2 is 1.83 bits per heavy atom. The molecule has 6 heteroatoms. The van der Waals surface area contributed by atoms with Gasteiger partial charge in [0.15, 0.2) is 0 Å². The molecule has 2 rings (SSSR count). The summed E-state index contributed by atoms with van der Waals surface area (Å²) in [5.74, 6) is 0. The van der Waals surface area contributed by atoms with Gasteiger partial charge < -0.3 is 14.4 Å². The van der Waals surface area contributed by atoms with Crippen LogP contribution in [0.5, 0.6) is 0 Å². The molecule has 0 aliphatic carbocycles. The smallest absolute Gasteiger partial charge is 0.399 e. The van der Waals surface area contributed by atoms with Crippen molar-refractivity contribution in [2.45, 2.75) is 45.5 Å². The van der Waals surface area contributed by atoms with Crippen LogP contribution in [-0.2, 0) is 15.9 Å². The highest BCUT2D eigenvalue weighted by molar-refractivity contribution is 6.65. The summed E-state index contributed by atoms with van der Waals surface area (Å²) in [5, 5.41) is 9.59. The zero-order chi connectivity index (χ0) is 13.6. The molecule has 1 fully saturated rings. The van der Waals surface area contributed by atoms with Crippen molar-refractivity contribution in [3.63, 3.8) is 0 Å². The second kappa shape index (κ2) is 4.49. The first-order valence-corrected chi connectivity index (χ1v) is 6.25. The number of pyridine rings is 1. The van der Waals surface area contributed by atoms with Crippen LogP contribution in [0, 0.1) is 0 Å². The number of aliphatic hydroxyl groups excluding tert-OH is 1. The molecule has 0 spiro atoms. The molecule has 1 aromatic heterocycles. The molecule has 1 saturated heterocycles. The monoisotopic (exact) mass is 269 g/mol. The lowest BCUT2D eigenvalue weighted by atomic mass is 9.79. The highest BCUT2D eigenvalue weighted by Gasteiger charge is 2.52. The Hall–Kier alpha value is -0.615. The van der Waals surface area contributed by atoms with Crippen molar-refractivity contribution in [1.29, 1.82) is 0 Å². The van der Waals surface area contributed by atoms with Gasteiger partial charge in [-0.25, -0.2) is 0 Å². The SMILES string of the molecule is CC1(C)OB(c2cc(CO)ncc2Cl)OC1(C)C. The Kier molecular flexibility index (Phi) is 3.45. The molecule has 0 aromatic carbocycles. The van der Waals surface area contributed by atoms with E-state index in [1.807, 2.05) is 27.7 Å². The fourth-order valence-electron chi connectivity index (χ4n) is 1.74. The average Bonchev–Trinajstić information content (AvgIpc) is 2.48. The number of hydrogen-bond donors (Lipinski definition) is 1. The van der Waals surface area contributed by atoms with Crippen LogP contribution in [0.15, 0.2) is 12.3 Å². The van der Waals surface area contributed by atoms with Gasteiger partial charge in [0.25, 0.3) is 0 Å². The molecule has 4 nitrogen and oxygen atoms in total. The largest absolute Gasteiger partial charge is 0.496 e. The molecule has 0 unspecified atom stereocenters. The predicted molar refractivity (Wildman–Crippen MR) is 70.9 cm³/mol. The Labute approximate surface area is 112 Å². The normalized spacial score (nSPS) is 21.3. The van der Waals surface area contributed by atoms with Crippen molar-refractivity contribution in [2.24, 2.45) is 0 Å². The molecule has 0 atom stereocenters. The van der Waals surface area contributed by atoms with E-state index in [1.165, 1.54) is 6.20 Å². The Balaban J connectivity index is 2.34. The summed E-state index contributed by atoms with van der Waals surface area (Å²) in [5.41, 5.74) is 0.422. The summed E-state index contributed by atoms with van der Waals surface area (Å²) >= 11 is 6.12. The number of nitrogens with zero attached hydrogens (tertiary/aromatic N) is 1. The maximum absolute atomic E-state index is 9.11. The molecule has 1 N–H and O–H groups in total. The Morgan fingerprint density at radius 1 is 1.28 bits per heavy atom. The van der Waals surface area contributed by atoms with Crippen LogP contribution in [0.25, 0.3) is 0 Å². The summed E-state index contributed by atoms with van der Waals surface area (Å²) in [7, 11) is -0.532. The molecule has 0 radical (unpaired) electrons. The van der Waals surface area contributed by atoms with Crippen molar-refractivity contribution in [1.82, 2.24) is 4.98 Å². The van der Waals surface area contributed by atoms with Gasteiger partial charge in [-0.05, 0) is 33.8 Å². The van der Waals surface area contributed by atoms with Crippen LogP contribution in [0.2, 0.25) is 5.02 Å². The molecule has 18 heavy (non-hydrogen) atoms. The van der Waals surface area contributed by atoms with Crippen molar-refractivity contribution in [3.05, 3.63) is 23.0 Å². The van der Waals surface area contributed by atoms with E-state index < -0.39 is 18.3 Å². The highest BCUT2D eigenvalue weighted by atomic mass is 35.5. The highest BCUT2D eigenvalue weighted by Crippen LogP contribution is 2.36. The molecule has 0 amide bonds. The molecule has 2 heterocycles. The first kappa shape index (κ1) is 13.8. The lowest BCUT2D eigenvalue weighted by molar-refractivity contribution is 0.00578. The fraction of sp³-hybridized carbons (Fsp3) is 0.583. The molecular weight excluding hydrogens is 252 g/mol. The maximum Gasteiger partial charge on any atom is 0.496 e. The van der Waals surface area contributed by atoms with E-state index in [4.69, 9.17) is 26.0 Å². The van der Waals surface area contributed by atoms with Gasteiger partial charge in [0.1, 0.15) is 0 Å². The van der Waals surface area contributed by atoms with E-state index in [2.05, 4.69) is 4.98 Å². The van der Waals surface area contributed by atoms with Gasteiger partial charge >= 0.3 is 7.12 Å². The van der Waals surface area contributed by atoms with E-state index in [1.54, 1.807) is 6.07 Å². The van der Waals surface area contributed by atoms with Crippen LogP contribution in [0.1, 0.15) is 33.4 Å².